The first-order valence-electron chi connectivity index (χ1n) is 5.24. The van der Waals surface area contributed by atoms with Crippen molar-refractivity contribution in [3.05, 3.63) is 0 Å². The molecule has 4 nitrogen and oxygen atoms in total. The van der Waals surface area contributed by atoms with Gasteiger partial charge in [-0.15, -0.1) is 0 Å². The minimum atomic E-state index is -3.17. The molecule has 5 heteroatoms. The summed E-state index contributed by atoms with van der Waals surface area (Å²) < 4.78 is 24.6. The molecule has 0 aromatic rings. The van der Waals surface area contributed by atoms with E-state index < -0.39 is 15.4 Å². The van der Waals surface area contributed by atoms with Crippen molar-refractivity contribution >= 4 is 15.8 Å². The Morgan fingerprint density at radius 3 is 2.33 bits per heavy atom. The minimum absolute atomic E-state index is 0.0204. The van der Waals surface area contributed by atoms with Gasteiger partial charge >= 0.3 is 0 Å². The largest absolute Gasteiger partial charge is 0.298 e. The number of carbonyl (C=O) groups is 1. The Labute approximate surface area is 91.7 Å². The van der Waals surface area contributed by atoms with E-state index in [2.05, 4.69) is 0 Å². The van der Waals surface area contributed by atoms with E-state index in [1.165, 1.54) is 4.31 Å². The maximum Gasteiger partial charge on any atom is 0.214 e. The van der Waals surface area contributed by atoms with E-state index in [0.717, 1.165) is 6.42 Å². The van der Waals surface area contributed by atoms with E-state index in [1.807, 2.05) is 20.8 Å². The number of sulfonamides is 1. The fraction of sp³-hybridized carbons (Fsp3) is 0.900. The first-order valence-corrected chi connectivity index (χ1v) is 6.85. The van der Waals surface area contributed by atoms with Gasteiger partial charge < -0.3 is 0 Å². The maximum atomic E-state index is 11.7. The van der Waals surface area contributed by atoms with Crippen LogP contribution in [-0.2, 0) is 14.8 Å². The van der Waals surface area contributed by atoms with Crippen LogP contribution in [0.1, 0.15) is 33.6 Å². The lowest BCUT2D eigenvalue weighted by Crippen LogP contribution is -2.43. The van der Waals surface area contributed by atoms with Crippen LogP contribution in [0.5, 0.6) is 0 Å². The van der Waals surface area contributed by atoms with Gasteiger partial charge in [0.2, 0.25) is 10.0 Å². The van der Waals surface area contributed by atoms with Gasteiger partial charge in [-0.25, -0.2) is 8.42 Å². The molecule has 0 radical (unpaired) electrons. The molecule has 1 aliphatic heterocycles. The Balaban J connectivity index is 2.69. The van der Waals surface area contributed by atoms with Gasteiger partial charge in [0.05, 0.1) is 12.3 Å². The Hall–Kier alpha value is -0.420. The van der Waals surface area contributed by atoms with Gasteiger partial charge in [-0.1, -0.05) is 20.8 Å². The quantitative estimate of drug-likeness (QED) is 0.715. The zero-order chi connectivity index (χ0) is 11.7. The van der Waals surface area contributed by atoms with Gasteiger partial charge in [0.15, 0.2) is 5.78 Å². The number of carbonyl (C=O) groups excluding carboxylic acids is 1. The fourth-order valence-electron chi connectivity index (χ4n) is 1.42. The fourth-order valence-corrected chi connectivity index (χ4v) is 2.96. The smallest absolute Gasteiger partial charge is 0.214 e. The van der Waals surface area contributed by atoms with Crippen molar-refractivity contribution < 1.29 is 13.2 Å². The third-order valence-electron chi connectivity index (χ3n) is 2.61. The summed E-state index contributed by atoms with van der Waals surface area (Å²) in [6.07, 6.45) is 1.57. The molecule has 0 N–H and O–H groups in total. The van der Waals surface area contributed by atoms with Crippen LogP contribution in [0.2, 0.25) is 0 Å². The van der Waals surface area contributed by atoms with Crippen LogP contribution >= 0.6 is 0 Å². The van der Waals surface area contributed by atoms with Gasteiger partial charge in [0, 0.05) is 12.0 Å². The summed E-state index contributed by atoms with van der Waals surface area (Å²) in [6, 6.07) is 0. The predicted octanol–water partition coefficient (Wildman–Crippen LogP) is 1.03. The zero-order valence-electron chi connectivity index (χ0n) is 9.62. The second-order valence-electron chi connectivity index (χ2n) is 5.03. The lowest BCUT2D eigenvalue weighted by molar-refractivity contribution is -0.126. The van der Waals surface area contributed by atoms with Crippen molar-refractivity contribution in [2.24, 2.45) is 5.41 Å². The Kier molecular flexibility index (Phi) is 3.55. The lowest BCUT2D eigenvalue weighted by atomic mass is 9.91. The average Bonchev–Trinajstić information content (AvgIpc) is 2.06. The zero-order valence-corrected chi connectivity index (χ0v) is 10.4. The first-order chi connectivity index (χ1) is 6.73. The standard InChI is InChI=1S/C10H19NO3S/c1-10(2,3)9(12)8-11-6-4-5-7-15(11,13)14/h4-8H2,1-3H3. The van der Waals surface area contributed by atoms with E-state index >= 15 is 0 Å². The summed E-state index contributed by atoms with van der Waals surface area (Å²) in [4.78, 5) is 11.7. The number of rotatable bonds is 2. The van der Waals surface area contributed by atoms with E-state index in [1.54, 1.807) is 0 Å². The van der Waals surface area contributed by atoms with Crippen LogP contribution in [0.25, 0.3) is 0 Å². The number of Topliss-reactive ketones (excluding diaryl/α,β-unsaturated/α-hetero) is 1. The molecule has 0 aromatic heterocycles. The SMILES string of the molecule is CC(C)(C)C(=O)CN1CCCCS1(=O)=O. The Morgan fingerprint density at radius 2 is 1.87 bits per heavy atom. The van der Waals surface area contributed by atoms with Gasteiger partial charge in [-0.3, -0.25) is 4.79 Å². The van der Waals surface area contributed by atoms with Crippen molar-refractivity contribution in [3.8, 4) is 0 Å². The van der Waals surface area contributed by atoms with E-state index in [0.29, 0.717) is 13.0 Å². The van der Waals surface area contributed by atoms with Crippen molar-refractivity contribution in [2.75, 3.05) is 18.8 Å². The molecule has 0 amide bonds. The second-order valence-corrected chi connectivity index (χ2v) is 7.12. The number of hydrogen-bond acceptors (Lipinski definition) is 3. The van der Waals surface area contributed by atoms with Crippen LogP contribution in [-0.4, -0.2) is 37.3 Å². The molecule has 1 aliphatic rings. The highest BCUT2D eigenvalue weighted by Gasteiger charge is 2.31. The van der Waals surface area contributed by atoms with Crippen molar-refractivity contribution in [1.29, 1.82) is 0 Å². The summed E-state index contributed by atoms with van der Waals surface area (Å²) in [6.45, 7) is 5.96. The van der Waals surface area contributed by atoms with Crippen LogP contribution in [0.4, 0.5) is 0 Å². The minimum Gasteiger partial charge on any atom is -0.298 e. The normalized spacial score (nSPS) is 22.6. The highest BCUT2D eigenvalue weighted by atomic mass is 32.2. The highest BCUT2D eigenvalue weighted by molar-refractivity contribution is 7.89. The third kappa shape index (κ3) is 3.28. The molecule has 0 unspecified atom stereocenters. The van der Waals surface area contributed by atoms with Gasteiger partial charge in [-0.2, -0.15) is 4.31 Å². The molecule has 1 saturated heterocycles. The second kappa shape index (κ2) is 4.22. The lowest BCUT2D eigenvalue weighted by Gasteiger charge is -2.28. The molecule has 1 rings (SSSR count). The number of ketones is 1. The molecule has 1 fully saturated rings. The van der Waals surface area contributed by atoms with Crippen molar-refractivity contribution in [2.45, 2.75) is 33.6 Å². The topological polar surface area (TPSA) is 54.5 Å². The van der Waals surface area contributed by atoms with Crippen LogP contribution < -0.4 is 0 Å². The summed E-state index contributed by atoms with van der Waals surface area (Å²) in [5.41, 5.74) is -0.465. The van der Waals surface area contributed by atoms with E-state index in [-0.39, 0.29) is 18.1 Å². The van der Waals surface area contributed by atoms with E-state index in [9.17, 15) is 13.2 Å². The molecular weight excluding hydrogens is 214 g/mol. The average molecular weight is 233 g/mol. The third-order valence-corrected chi connectivity index (χ3v) is 4.51. The maximum absolute atomic E-state index is 11.7. The predicted molar refractivity (Wildman–Crippen MR) is 59.1 cm³/mol. The van der Waals surface area contributed by atoms with Crippen molar-refractivity contribution in [1.82, 2.24) is 4.31 Å². The summed E-state index contributed by atoms with van der Waals surface area (Å²) >= 11 is 0. The Morgan fingerprint density at radius 1 is 1.27 bits per heavy atom. The molecule has 0 bridgehead atoms. The van der Waals surface area contributed by atoms with Gasteiger partial charge in [0.25, 0.3) is 0 Å². The van der Waals surface area contributed by atoms with Crippen LogP contribution in [0, 0.1) is 5.41 Å². The first kappa shape index (κ1) is 12.6. The van der Waals surface area contributed by atoms with Crippen LogP contribution in [0.3, 0.4) is 0 Å². The highest BCUT2D eigenvalue weighted by Crippen LogP contribution is 2.19. The van der Waals surface area contributed by atoms with Gasteiger partial charge in [-0.05, 0) is 12.8 Å². The van der Waals surface area contributed by atoms with Crippen molar-refractivity contribution in [3.63, 3.8) is 0 Å². The van der Waals surface area contributed by atoms with Gasteiger partial charge in [0.1, 0.15) is 0 Å². The number of nitrogens with zero attached hydrogens (tertiary/aromatic N) is 1. The molecule has 1 heterocycles. The summed E-state index contributed by atoms with van der Waals surface area (Å²) in [7, 11) is -3.17. The molecule has 0 atom stereocenters. The molecule has 0 spiro atoms. The monoisotopic (exact) mass is 233 g/mol. The molecule has 88 valence electrons. The number of hydrogen-bond donors (Lipinski definition) is 0. The Bertz CT molecular complexity index is 340. The van der Waals surface area contributed by atoms with Crippen LogP contribution in [0.15, 0.2) is 0 Å². The molecule has 0 aromatic carbocycles. The molecule has 15 heavy (non-hydrogen) atoms. The molecule has 0 saturated carbocycles. The summed E-state index contributed by atoms with van der Waals surface area (Å²) in [5, 5.41) is 0. The molecule has 0 aliphatic carbocycles. The van der Waals surface area contributed by atoms with E-state index in [4.69, 9.17) is 0 Å². The summed E-state index contributed by atoms with van der Waals surface area (Å²) in [5.74, 6) is 0.165. The molecular formula is C10H19NO3S.